The van der Waals surface area contributed by atoms with Gasteiger partial charge in [-0.3, -0.25) is 24.0 Å². The molecule has 5 fully saturated rings. The molecule has 6 aliphatic carbocycles. The van der Waals surface area contributed by atoms with Crippen molar-refractivity contribution in [1.82, 2.24) is 20.2 Å². The largest absolute Gasteiger partial charge is 0.481 e. The molecule has 11 nitrogen and oxygen atoms in total. The van der Waals surface area contributed by atoms with E-state index in [1.807, 2.05) is 27.7 Å². The van der Waals surface area contributed by atoms with E-state index in [9.17, 15) is 29.1 Å². The van der Waals surface area contributed by atoms with Crippen molar-refractivity contribution in [3.05, 3.63) is 29.4 Å². The molecule has 0 unspecified atom stereocenters. The first kappa shape index (κ1) is 43.6. The van der Waals surface area contributed by atoms with E-state index in [1.54, 1.807) is 24.0 Å². The predicted octanol–water partition coefficient (Wildman–Crippen LogP) is 8.07. The Morgan fingerprint density at radius 1 is 0.915 bits per heavy atom. The van der Waals surface area contributed by atoms with Crippen molar-refractivity contribution in [2.24, 2.45) is 75.0 Å². The molecular formula is C48H72N4O7. The Labute approximate surface area is 352 Å². The van der Waals surface area contributed by atoms with Gasteiger partial charge in [-0.15, -0.1) is 0 Å². The number of fused-ring (bicyclic) bond motifs is 7. The van der Waals surface area contributed by atoms with E-state index in [4.69, 9.17) is 4.74 Å². The number of ketones is 1. The third-order valence-corrected chi connectivity index (χ3v) is 18.3. The molecule has 0 bridgehead atoms. The van der Waals surface area contributed by atoms with Crippen molar-refractivity contribution in [2.75, 3.05) is 6.54 Å². The summed E-state index contributed by atoms with van der Waals surface area (Å²) in [5, 5.41) is 15.8. The zero-order chi connectivity index (χ0) is 43.5. The number of carbonyl (C=O) groups excluding carboxylic acids is 4. The minimum Gasteiger partial charge on any atom is -0.481 e. The van der Waals surface area contributed by atoms with Crippen LogP contribution in [0.25, 0.3) is 0 Å². The van der Waals surface area contributed by atoms with E-state index in [0.717, 1.165) is 56.9 Å². The Morgan fingerprint density at radius 2 is 1.61 bits per heavy atom. The van der Waals surface area contributed by atoms with E-state index < -0.39 is 34.2 Å². The molecule has 10 atom stereocenters. The predicted molar refractivity (Wildman–Crippen MR) is 225 cm³/mol. The molecule has 0 radical (unpaired) electrons. The number of hydrogen-bond acceptors (Lipinski definition) is 7. The summed E-state index contributed by atoms with van der Waals surface area (Å²) in [5.74, 6) is -0.751. The number of Topliss-reactive ketones (excluding diaryl/α,β-unsaturated/α-hetero) is 1. The van der Waals surface area contributed by atoms with Crippen molar-refractivity contribution in [3.63, 3.8) is 0 Å². The van der Waals surface area contributed by atoms with Gasteiger partial charge in [-0.25, -0.2) is 4.98 Å². The number of nitrogens with one attached hydrogen (secondary N) is 2. The molecule has 1 aromatic rings. The zero-order valence-electron chi connectivity index (χ0n) is 38.0. The first-order valence-electron chi connectivity index (χ1n) is 22.5. The molecule has 11 heteroatoms. The van der Waals surface area contributed by atoms with Gasteiger partial charge in [0.15, 0.2) is 11.6 Å². The first-order valence-corrected chi connectivity index (χ1v) is 22.5. The molecule has 7 rings (SSSR count). The number of aromatic nitrogens is 2. The van der Waals surface area contributed by atoms with Crippen molar-refractivity contribution in [1.29, 1.82) is 0 Å². The minimum absolute atomic E-state index is 0.0210. The van der Waals surface area contributed by atoms with Gasteiger partial charge >= 0.3 is 11.9 Å². The van der Waals surface area contributed by atoms with Gasteiger partial charge in [-0.2, -0.15) is 0 Å². The summed E-state index contributed by atoms with van der Waals surface area (Å²) in [4.78, 5) is 70.7. The Balaban J connectivity index is 1.09. The molecular weight excluding hydrogens is 745 g/mol. The number of ether oxygens (including phenoxy) is 1. The fraction of sp³-hybridized carbons (Fsp3) is 0.792. The zero-order valence-corrected chi connectivity index (χ0v) is 38.0. The standard InChI is InChI=1S/C48H72N4O7/c1-27(2)36-31(53)24-48(25-35(54)50-26-42(3,4)51-39(55)38-49-21-22-52(38)12)20-19-46(10)28(37(36)48)13-14-33-45(9)17-16-34(44(7,8)32(45)15-18-47(33,46)11)59-41(58)30-23-29(40(56)57)43(30,5)6/h21-22,27-30,32-34H,13-20,23-26H2,1-12H3,(H,50,54)(H,51,55)(H,56,57)/t28-,29+,30-,32+,33-,34+,45+,46-,47-,48+/m1/s1. The second kappa shape index (κ2) is 14.3. The Hall–Kier alpha value is -3.50. The highest BCUT2D eigenvalue weighted by Gasteiger charge is 2.70. The number of carboxylic acid groups (broad SMARTS) is 1. The third kappa shape index (κ3) is 6.63. The second-order valence-corrected chi connectivity index (χ2v) is 22.9. The lowest BCUT2D eigenvalue weighted by molar-refractivity contribution is -0.236. The van der Waals surface area contributed by atoms with Crippen LogP contribution in [0.5, 0.6) is 0 Å². The van der Waals surface area contributed by atoms with Crippen LogP contribution in [-0.4, -0.2) is 62.4 Å². The monoisotopic (exact) mass is 817 g/mol. The van der Waals surface area contributed by atoms with Crippen molar-refractivity contribution in [3.8, 4) is 0 Å². The average Bonchev–Trinajstić information content (AvgIpc) is 3.68. The third-order valence-electron chi connectivity index (χ3n) is 18.3. The maximum absolute atomic E-state index is 14.1. The number of nitrogens with zero attached hydrogens (tertiary/aromatic N) is 2. The number of rotatable bonds is 10. The number of hydrogen-bond donors (Lipinski definition) is 3. The Kier molecular flexibility index (Phi) is 10.6. The highest BCUT2D eigenvalue weighted by Crippen LogP contribution is 2.77. The van der Waals surface area contributed by atoms with Crippen LogP contribution in [0.15, 0.2) is 23.5 Å². The van der Waals surface area contributed by atoms with Crippen LogP contribution in [-0.2, 0) is 31.0 Å². The fourth-order valence-electron chi connectivity index (χ4n) is 14.8. The summed E-state index contributed by atoms with van der Waals surface area (Å²) in [7, 11) is 1.77. The summed E-state index contributed by atoms with van der Waals surface area (Å²) in [5.41, 5.74) is 0.178. The number of allylic oxidation sites excluding steroid dienone is 2. The van der Waals surface area contributed by atoms with Crippen LogP contribution in [0.1, 0.15) is 157 Å². The SMILES string of the molecule is CC(C)C1=C2[C@H]3CC[C@@H]4[C@@]5(C)CC[C@H](OC(=O)[C@H]6C[C@@H](C(=O)O)C6(C)C)C(C)(C)[C@@H]5CC[C@@]4(C)[C@]3(C)CC[C@@]2(CC(=O)NCC(C)(C)NC(=O)c2nccn2C)CC1=O. The molecule has 5 saturated carbocycles. The van der Waals surface area contributed by atoms with E-state index in [0.29, 0.717) is 30.5 Å². The number of carboxylic acids is 1. The van der Waals surface area contributed by atoms with Crippen LogP contribution in [0.3, 0.4) is 0 Å². The molecule has 6 aliphatic rings. The van der Waals surface area contributed by atoms with E-state index >= 15 is 0 Å². The molecule has 2 amide bonds. The van der Waals surface area contributed by atoms with Gasteiger partial charge in [0.2, 0.25) is 5.91 Å². The second-order valence-electron chi connectivity index (χ2n) is 22.9. The van der Waals surface area contributed by atoms with Crippen molar-refractivity contribution < 1.29 is 33.8 Å². The maximum atomic E-state index is 14.1. The summed E-state index contributed by atoms with van der Waals surface area (Å²) < 4.78 is 8.08. The molecule has 59 heavy (non-hydrogen) atoms. The molecule has 0 spiro atoms. The fourth-order valence-corrected chi connectivity index (χ4v) is 14.8. The summed E-state index contributed by atoms with van der Waals surface area (Å²) >= 11 is 0. The van der Waals surface area contributed by atoms with Gasteiger partial charge in [0.1, 0.15) is 6.10 Å². The number of aryl methyl sites for hydroxylation is 1. The van der Waals surface area contributed by atoms with Crippen LogP contribution in [0, 0.1) is 68.0 Å². The number of esters is 1. The molecule has 0 saturated heterocycles. The number of imidazole rings is 1. The normalized spacial score (nSPS) is 38.3. The van der Waals surface area contributed by atoms with Gasteiger partial charge in [-0.05, 0) is 123 Å². The highest BCUT2D eigenvalue weighted by molar-refractivity contribution is 6.01. The van der Waals surface area contributed by atoms with Crippen LogP contribution in [0.4, 0.5) is 0 Å². The first-order chi connectivity index (χ1) is 27.3. The molecule has 1 heterocycles. The van der Waals surface area contributed by atoms with E-state index in [2.05, 4.69) is 64.1 Å². The summed E-state index contributed by atoms with van der Waals surface area (Å²) in [6.45, 7) is 24.3. The van der Waals surface area contributed by atoms with Gasteiger partial charge < -0.3 is 25.0 Å². The van der Waals surface area contributed by atoms with E-state index in [-0.39, 0.29) is 76.1 Å². The number of carbonyl (C=O) groups is 5. The Bertz CT molecular complexity index is 1960. The number of amides is 2. The van der Waals surface area contributed by atoms with Gasteiger partial charge in [0, 0.05) is 49.7 Å². The summed E-state index contributed by atoms with van der Waals surface area (Å²) in [6, 6.07) is 0. The summed E-state index contributed by atoms with van der Waals surface area (Å²) in [6.07, 6.45) is 11.8. The maximum Gasteiger partial charge on any atom is 0.309 e. The van der Waals surface area contributed by atoms with Gasteiger partial charge in [0.25, 0.3) is 5.91 Å². The van der Waals surface area contributed by atoms with Gasteiger partial charge in [-0.1, -0.05) is 67.9 Å². The average molecular weight is 817 g/mol. The van der Waals surface area contributed by atoms with Crippen molar-refractivity contribution >= 4 is 29.5 Å². The lowest BCUT2D eigenvalue weighted by Gasteiger charge is -2.72. The lowest BCUT2D eigenvalue weighted by atomic mass is 9.33. The quantitative estimate of drug-likeness (QED) is 0.200. The van der Waals surface area contributed by atoms with E-state index in [1.165, 1.54) is 5.57 Å². The molecule has 0 aliphatic heterocycles. The van der Waals surface area contributed by atoms with Crippen LogP contribution < -0.4 is 10.6 Å². The minimum atomic E-state index is -0.840. The highest BCUT2D eigenvalue weighted by atomic mass is 16.5. The smallest absolute Gasteiger partial charge is 0.309 e. The lowest BCUT2D eigenvalue weighted by Crippen LogP contribution is -2.66. The Morgan fingerprint density at radius 3 is 2.22 bits per heavy atom. The molecule has 326 valence electrons. The number of aliphatic carboxylic acids is 1. The molecule has 0 aromatic carbocycles. The van der Waals surface area contributed by atoms with Crippen LogP contribution in [0.2, 0.25) is 0 Å². The molecule has 1 aromatic heterocycles. The topological polar surface area (TPSA) is 157 Å². The van der Waals surface area contributed by atoms with Crippen LogP contribution >= 0.6 is 0 Å². The van der Waals surface area contributed by atoms with Crippen molar-refractivity contribution in [2.45, 2.75) is 158 Å². The van der Waals surface area contributed by atoms with Gasteiger partial charge in [0.05, 0.1) is 17.4 Å². The molecule has 3 N–H and O–H groups in total.